The van der Waals surface area contributed by atoms with Crippen LogP contribution in [0.2, 0.25) is 0 Å². The van der Waals surface area contributed by atoms with E-state index in [2.05, 4.69) is 10.3 Å². The Labute approximate surface area is 88.2 Å². The highest BCUT2D eigenvalue weighted by Crippen LogP contribution is 2.19. The van der Waals surface area contributed by atoms with E-state index >= 15 is 0 Å². The number of halogens is 1. The summed E-state index contributed by atoms with van der Waals surface area (Å²) in [6.07, 6.45) is 0. The predicted molar refractivity (Wildman–Crippen MR) is 58.4 cm³/mol. The summed E-state index contributed by atoms with van der Waals surface area (Å²) in [6.45, 7) is 3.30. The molecule has 0 radical (unpaired) electrons. The third-order valence-electron chi connectivity index (χ3n) is 2.64. The highest BCUT2D eigenvalue weighted by Gasteiger charge is 2.18. The maximum atomic E-state index is 13.3. The Balaban J connectivity index is 2.32. The van der Waals surface area contributed by atoms with Crippen LogP contribution in [0.4, 0.5) is 4.39 Å². The van der Waals surface area contributed by atoms with Crippen LogP contribution in [0.25, 0.3) is 0 Å². The molecule has 0 aliphatic carbocycles. The summed E-state index contributed by atoms with van der Waals surface area (Å²) in [6, 6.07) is 4.61. The van der Waals surface area contributed by atoms with Crippen molar-refractivity contribution < 1.29 is 4.39 Å². The molecule has 0 amide bonds. The van der Waals surface area contributed by atoms with Gasteiger partial charge in [-0.1, -0.05) is 12.1 Å². The van der Waals surface area contributed by atoms with Crippen LogP contribution < -0.4 is 11.1 Å². The molecule has 1 aliphatic rings. The Bertz CT molecular complexity index is 401. The Morgan fingerprint density at radius 2 is 2.33 bits per heavy atom. The average molecular weight is 207 g/mol. The molecule has 4 heteroatoms. The van der Waals surface area contributed by atoms with Crippen LogP contribution in [-0.2, 0) is 0 Å². The molecule has 80 valence electrons. The first-order valence-electron chi connectivity index (χ1n) is 4.99. The van der Waals surface area contributed by atoms with Crippen LogP contribution in [0.1, 0.15) is 17.2 Å². The number of aliphatic imine (C=N–C) groups is 1. The molecule has 2 rings (SSSR count). The van der Waals surface area contributed by atoms with E-state index in [0.29, 0.717) is 5.56 Å². The van der Waals surface area contributed by atoms with Crippen LogP contribution in [0.5, 0.6) is 0 Å². The number of benzene rings is 1. The first kappa shape index (κ1) is 10.1. The average Bonchev–Trinajstić information content (AvgIpc) is 2.74. The first-order chi connectivity index (χ1) is 7.20. The number of amidine groups is 1. The van der Waals surface area contributed by atoms with E-state index in [-0.39, 0.29) is 11.9 Å². The molecule has 3 N–H and O–H groups in total. The number of nitrogens with zero attached hydrogens (tertiary/aromatic N) is 1. The van der Waals surface area contributed by atoms with E-state index in [1.807, 2.05) is 6.07 Å². The lowest BCUT2D eigenvalue weighted by Gasteiger charge is -2.15. The van der Waals surface area contributed by atoms with Gasteiger partial charge in [-0.25, -0.2) is 4.39 Å². The molecule has 0 bridgehead atoms. The molecular formula is C11H14FN3. The van der Waals surface area contributed by atoms with Crippen molar-refractivity contribution in [3.63, 3.8) is 0 Å². The van der Waals surface area contributed by atoms with Crippen LogP contribution >= 0.6 is 0 Å². The maximum Gasteiger partial charge on any atom is 0.126 e. The Morgan fingerprint density at radius 3 is 3.00 bits per heavy atom. The third kappa shape index (κ3) is 1.85. The molecule has 1 aliphatic heterocycles. The fourth-order valence-corrected chi connectivity index (χ4v) is 1.73. The predicted octanol–water partition coefficient (Wildman–Crippen LogP) is 1.14. The minimum absolute atomic E-state index is 0.221. The molecule has 0 spiro atoms. The zero-order valence-corrected chi connectivity index (χ0v) is 8.63. The van der Waals surface area contributed by atoms with Gasteiger partial charge in [0.25, 0.3) is 0 Å². The standard InChI is InChI=1S/C11H14FN3/c1-7-8(3-2-4-9(7)12)10(13)11-14-5-6-15-11/h2-4,10H,5-6,13H2,1H3,(H,14,15). The van der Waals surface area contributed by atoms with Gasteiger partial charge in [-0.15, -0.1) is 0 Å². The van der Waals surface area contributed by atoms with E-state index in [9.17, 15) is 4.39 Å². The van der Waals surface area contributed by atoms with Crippen LogP contribution in [0.3, 0.4) is 0 Å². The molecule has 1 unspecified atom stereocenters. The summed E-state index contributed by atoms with van der Waals surface area (Å²) in [7, 11) is 0. The molecule has 0 saturated heterocycles. The van der Waals surface area contributed by atoms with Crippen LogP contribution in [0.15, 0.2) is 23.2 Å². The molecule has 1 atom stereocenters. The Morgan fingerprint density at radius 1 is 1.53 bits per heavy atom. The molecule has 3 nitrogen and oxygen atoms in total. The van der Waals surface area contributed by atoms with Gasteiger partial charge in [-0.2, -0.15) is 0 Å². The minimum atomic E-state index is -0.344. The summed E-state index contributed by atoms with van der Waals surface area (Å²) in [5.74, 6) is 0.533. The minimum Gasteiger partial charge on any atom is -0.370 e. The smallest absolute Gasteiger partial charge is 0.126 e. The molecule has 15 heavy (non-hydrogen) atoms. The normalized spacial score (nSPS) is 17.1. The van der Waals surface area contributed by atoms with Gasteiger partial charge in [-0.3, -0.25) is 4.99 Å². The van der Waals surface area contributed by atoms with Crippen molar-refractivity contribution in [3.05, 3.63) is 35.1 Å². The van der Waals surface area contributed by atoms with Gasteiger partial charge in [0.1, 0.15) is 11.7 Å². The van der Waals surface area contributed by atoms with Crippen molar-refractivity contribution in [1.82, 2.24) is 5.32 Å². The lowest BCUT2D eigenvalue weighted by Crippen LogP contribution is -2.31. The number of nitrogens with one attached hydrogen (secondary N) is 1. The van der Waals surface area contributed by atoms with E-state index in [4.69, 9.17) is 5.73 Å². The number of rotatable bonds is 2. The second kappa shape index (κ2) is 3.98. The highest BCUT2D eigenvalue weighted by molar-refractivity contribution is 5.89. The number of hydrogen-bond acceptors (Lipinski definition) is 3. The number of hydrogen-bond donors (Lipinski definition) is 2. The van der Waals surface area contributed by atoms with Crippen LogP contribution in [0, 0.1) is 12.7 Å². The van der Waals surface area contributed by atoms with Gasteiger partial charge in [-0.05, 0) is 24.1 Å². The molecule has 0 aromatic heterocycles. The zero-order valence-electron chi connectivity index (χ0n) is 8.63. The molecule has 1 aromatic rings. The van der Waals surface area contributed by atoms with E-state index in [1.54, 1.807) is 13.0 Å². The molecule has 1 aromatic carbocycles. The Kier molecular flexibility index (Phi) is 2.68. The Hall–Kier alpha value is -1.42. The van der Waals surface area contributed by atoms with Crippen molar-refractivity contribution in [3.8, 4) is 0 Å². The van der Waals surface area contributed by atoms with Crippen molar-refractivity contribution in [2.75, 3.05) is 13.1 Å². The van der Waals surface area contributed by atoms with Gasteiger partial charge in [0.15, 0.2) is 0 Å². The summed E-state index contributed by atoms with van der Waals surface area (Å²) in [4.78, 5) is 4.24. The van der Waals surface area contributed by atoms with Gasteiger partial charge in [0.2, 0.25) is 0 Å². The van der Waals surface area contributed by atoms with E-state index in [1.165, 1.54) is 6.07 Å². The summed E-state index contributed by atoms with van der Waals surface area (Å²) < 4.78 is 13.3. The lowest BCUT2D eigenvalue weighted by atomic mass is 10.0. The van der Waals surface area contributed by atoms with Crippen molar-refractivity contribution in [1.29, 1.82) is 0 Å². The molecule has 0 fully saturated rings. The zero-order chi connectivity index (χ0) is 10.8. The second-order valence-electron chi connectivity index (χ2n) is 3.63. The van der Waals surface area contributed by atoms with E-state index < -0.39 is 0 Å². The fraction of sp³-hybridized carbons (Fsp3) is 0.364. The summed E-state index contributed by atoms with van der Waals surface area (Å²) in [5, 5.41) is 3.10. The van der Waals surface area contributed by atoms with Crippen molar-refractivity contribution in [2.24, 2.45) is 10.7 Å². The highest BCUT2D eigenvalue weighted by atomic mass is 19.1. The van der Waals surface area contributed by atoms with Gasteiger partial charge >= 0.3 is 0 Å². The number of nitrogens with two attached hydrogens (primary N) is 1. The second-order valence-corrected chi connectivity index (χ2v) is 3.63. The van der Waals surface area contributed by atoms with Crippen molar-refractivity contribution in [2.45, 2.75) is 13.0 Å². The fourth-order valence-electron chi connectivity index (χ4n) is 1.73. The van der Waals surface area contributed by atoms with Gasteiger partial charge < -0.3 is 11.1 Å². The summed E-state index contributed by atoms with van der Waals surface area (Å²) in [5.41, 5.74) is 7.40. The quantitative estimate of drug-likeness (QED) is 0.764. The molecule has 0 saturated carbocycles. The topological polar surface area (TPSA) is 50.4 Å². The SMILES string of the molecule is Cc1c(F)cccc1C(N)C1=NCCN1. The van der Waals surface area contributed by atoms with Crippen molar-refractivity contribution >= 4 is 5.84 Å². The van der Waals surface area contributed by atoms with Crippen LogP contribution in [-0.4, -0.2) is 18.9 Å². The van der Waals surface area contributed by atoms with Gasteiger partial charge in [0, 0.05) is 6.54 Å². The largest absolute Gasteiger partial charge is 0.370 e. The van der Waals surface area contributed by atoms with Gasteiger partial charge in [0.05, 0.1) is 12.6 Å². The molecular weight excluding hydrogens is 193 g/mol. The lowest BCUT2D eigenvalue weighted by molar-refractivity contribution is 0.614. The molecule has 1 heterocycles. The first-order valence-corrected chi connectivity index (χ1v) is 4.99. The maximum absolute atomic E-state index is 13.3. The van der Waals surface area contributed by atoms with E-state index in [0.717, 1.165) is 24.5 Å². The monoisotopic (exact) mass is 207 g/mol. The summed E-state index contributed by atoms with van der Waals surface area (Å²) >= 11 is 0. The third-order valence-corrected chi connectivity index (χ3v) is 2.64.